The minimum Gasteiger partial charge on any atom is -0.338 e. The number of hydrogen-bond acceptors (Lipinski definition) is 3. The molecule has 0 aliphatic rings. The second-order valence-electron chi connectivity index (χ2n) is 6.93. The van der Waals surface area contributed by atoms with Gasteiger partial charge in [0.25, 0.3) is 0 Å². The maximum absolute atomic E-state index is 4.76. The molecule has 0 saturated heterocycles. The van der Waals surface area contributed by atoms with Gasteiger partial charge < -0.3 is 4.98 Å². The SMILES string of the molecule is c1cc2cc(-c3ccc4nc(-c5ccc6[nH]ncc6c5)[nH]c4c3)ccc2cn1. The lowest BCUT2D eigenvalue weighted by Gasteiger charge is -2.04. The lowest BCUT2D eigenvalue weighted by molar-refractivity contribution is 1.12. The van der Waals surface area contributed by atoms with Gasteiger partial charge in [0.2, 0.25) is 0 Å². The van der Waals surface area contributed by atoms with E-state index in [0.717, 1.165) is 44.3 Å². The van der Waals surface area contributed by atoms with E-state index < -0.39 is 0 Å². The Morgan fingerprint density at radius 3 is 2.50 bits per heavy atom. The Balaban J connectivity index is 1.45. The highest BCUT2D eigenvalue weighted by Crippen LogP contribution is 2.29. The van der Waals surface area contributed by atoms with Crippen molar-refractivity contribution in [2.24, 2.45) is 0 Å². The third-order valence-electron chi connectivity index (χ3n) is 5.17. The first-order valence-corrected chi connectivity index (χ1v) is 9.11. The molecule has 5 heteroatoms. The normalized spacial score (nSPS) is 11.6. The van der Waals surface area contributed by atoms with Crippen molar-refractivity contribution in [2.75, 3.05) is 0 Å². The number of H-pyrrole nitrogens is 2. The van der Waals surface area contributed by atoms with Crippen LogP contribution in [-0.4, -0.2) is 25.1 Å². The first-order chi connectivity index (χ1) is 13.8. The predicted molar refractivity (Wildman–Crippen MR) is 112 cm³/mol. The molecule has 0 bridgehead atoms. The first kappa shape index (κ1) is 15.1. The smallest absolute Gasteiger partial charge is 0.138 e. The molecular weight excluding hydrogens is 346 g/mol. The molecule has 0 aliphatic carbocycles. The number of pyridine rings is 1. The van der Waals surface area contributed by atoms with Gasteiger partial charge >= 0.3 is 0 Å². The molecule has 3 heterocycles. The van der Waals surface area contributed by atoms with Gasteiger partial charge in [-0.2, -0.15) is 5.10 Å². The summed E-state index contributed by atoms with van der Waals surface area (Å²) in [4.78, 5) is 12.4. The van der Waals surface area contributed by atoms with Gasteiger partial charge in [-0.3, -0.25) is 10.1 Å². The standard InChI is InChI=1S/C23H15N5/c1-2-18-12-24-8-7-16(18)9-14(1)15-3-6-21-22(11-15)27-23(26-21)17-4-5-20-19(10-17)13-25-28-20/h1-13H,(H,25,28)(H,26,27). The highest BCUT2D eigenvalue weighted by molar-refractivity contribution is 5.90. The highest BCUT2D eigenvalue weighted by Gasteiger charge is 2.08. The van der Waals surface area contributed by atoms with Crippen LogP contribution in [0.1, 0.15) is 0 Å². The van der Waals surface area contributed by atoms with Crippen molar-refractivity contribution in [3.63, 3.8) is 0 Å². The Kier molecular flexibility index (Phi) is 3.10. The number of nitrogens with one attached hydrogen (secondary N) is 2. The van der Waals surface area contributed by atoms with Crippen LogP contribution >= 0.6 is 0 Å². The molecule has 2 N–H and O–H groups in total. The summed E-state index contributed by atoms with van der Waals surface area (Å²) in [7, 11) is 0. The van der Waals surface area contributed by atoms with E-state index in [2.05, 4.69) is 68.7 Å². The van der Waals surface area contributed by atoms with Gasteiger partial charge in [-0.05, 0) is 59.0 Å². The zero-order valence-corrected chi connectivity index (χ0v) is 14.8. The molecule has 5 nitrogen and oxygen atoms in total. The van der Waals surface area contributed by atoms with E-state index in [9.17, 15) is 0 Å². The minimum atomic E-state index is 0.861. The molecule has 0 radical (unpaired) electrons. The maximum Gasteiger partial charge on any atom is 0.138 e. The Morgan fingerprint density at radius 2 is 1.50 bits per heavy atom. The van der Waals surface area contributed by atoms with Crippen molar-refractivity contribution in [1.82, 2.24) is 25.1 Å². The first-order valence-electron chi connectivity index (χ1n) is 9.11. The molecule has 0 spiro atoms. The van der Waals surface area contributed by atoms with E-state index in [0.29, 0.717) is 0 Å². The number of fused-ring (bicyclic) bond motifs is 3. The van der Waals surface area contributed by atoms with Crippen molar-refractivity contribution in [3.8, 4) is 22.5 Å². The number of imidazole rings is 1. The molecular formula is C23H15N5. The zero-order chi connectivity index (χ0) is 18.5. The van der Waals surface area contributed by atoms with Crippen LogP contribution in [0.5, 0.6) is 0 Å². The molecule has 6 rings (SSSR count). The molecule has 0 atom stereocenters. The van der Waals surface area contributed by atoms with Gasteiger partial charge in [0, 0.05) is 28.7 Å². The quantitative estimate of drug-likeness (QED) is 0.438. The van der Waals surface area contributed by atoms with E-state index in [-0.39, 0.29) is 0 Å². The molecule has 0 fully saturated rings. The second kappa shape index (κ2) is 5.76. The fourth-order valence-corrected chi connectivity index (χ4v) is 3.68. The largest absolute Gasteiger partial charge is 0.338 e. The summed E-state index contributed by atoms with van der Waals surface area (Å²) in [5.41, 5.74) is 6.38. The number of hydrogen-bond donors (Lipinski definition) is 2. The lowest BCUT2D eigenvalue weighted by atomic mass is 10.0. The Bertz CT molecular complexity index is 1470. The van der Waals surface area contributed by atoms with E-state index in [1.807, 2.05) is 30.7 Å². The van der Waals surface area contributed by atoms with E-state index in [1.165, 1.54) is 10.9 Å². The van der Waals surface area contributed by atoms with Crippen molar-refractivity contribution in [1.29, 1.82) is 0 Å². The molecule has 3 aromatic carbocycles. The van der Waals surface area contributed by atoms with Crippen LogP contribution in [0.4, 0.5) is 0 Å². The molecule has 132 valence electrons. The number of nitrogens with zero attached hydrogens (tertiary/aromatic N) is 3. The summed E-state index contributed by atoms with van der Waals surface area (Å²) in [6.07, 6.45) is 5.54. The van der Waals surface area contributed by atoms with Gasteiger partial charge in [-0.1, -0.05) is 18.2 Å². The Hall–Kier alpha value is -3.99. The number of aromatic nitrogens is 5. The van der Waals surface area contributed by atoms with Crippen LogP contribution in [0.15, 0.2) is 79.3 Å². The van der Waals surface area contributed by atoms with Gasteiger partial charge in [0.05, 0.1) is 22.7 Å². The van der Waals surface area contributed by atoms with Crippen LogP contribution < -0.4 is 0 Å². The zero-order valence-electron chi connectivity index (χ0n) is 14.8. The summed E-state index contributed by atoms with van der Waals surface area (Å²) >= 11 is 0. The fourth-order valence-electron chi connectivity index (χ4n) is 3.68. The average Bonchev–Trinajstić information content (AvgIpc) is 3.39. The van der Waals surface area contributed by atoms with Gasteiger partial charge in [-0.15, -0.1) is 0 Å². The topological polar surface area (TPSA) is 70.2 Å². The molecule has 0 amide bonds. The van der Waals surface area contributed by atoms with Crippen LogP contribution in [0.3, 0.4) is 0 Å². The third kappa shape index (κ3) is 2.37. The summed E-state index contributed by atoms with van der Waals surface area (Å²) in [6, 6.07) is 21.0. The average molecular weight is 361 g/mol. The lowest BCUT2D eigenvalue weighted by Crippen LogP contribution is -1.81. The second-order valence-corrected chi connectivity index (χ2v) is 6.93. The molecule has 0 aliphatic heterocycles. The highest BCUT2D eigenvalue weighted by atomic mass is 15.1. The Labute approximate surface area is 160 Å². The fraction of sp³-hybridized carbons (Fsp3) is 0. The van der Waals surface area contributed by atoms with Crippen molar-refractivity contribution >= 4 is 32.7 Å². The molecule has 6 aromatic rings. The van der Waals surface area contributed by atoms with E-state index >= 15 is 0 Å². The maximum atomic E-state index is 4.76. The monoisotopic (exact) mass is 361 g/mol. The third-order valence-corrected chi connectivity index (χ3v) is 5.17. The van der Waals surface area contributed by atoms with Crippen LogP contribution in [-0.2, 0) is 0 Å². The van der Waals surface area contributed by atoms with Crippen molar-refractivity contribution in [3.05, 3.63) is 79.3 Å². The predicted octanol–water partition coefficient (Wildman–Crippen LogP) is 5.32. The number of aromatic amines is 2. The Morgan fingerprint density at radius 1 is 0.643 bits per heavy atom. The van der Waals surface area contributed by atoms with E-state index in [4.69, 9.17) is 4.98 Å². The molecule has 28 heavy (non-hydrogen) atoms. The summed E-state index contributed by atoms with van der Waals surface area (Å²) < 4.78 is 0. The summed E-state index contributed by atoms with van der Waals surface area (Å²) in [5.74, 6) is 0.861. The van der Waals surface area contributed by atoms with E-state index in [1.54, 1.807) is 0 Å². The van der Waals surface area contributed by atoms with Crippen LogP contribution in [0.25, 0.3) is 55.2 Å². The van der Waals surface area contributed by atoms with Gasteiger partial charge in [0.1, 0.15) is 5.82 Å². The summed E-state index contributed by atoms with van der Waals surface area (Å²) in [6.45, 7) is 0. The summed E-state index contributed by atoms with van der Waals surface area (Å²) in [5, 5.41) is 10.5. The van der Waals surface area contributed by atoms with Crippen molar-refractivity contribution in [2.45, 2.75) is 0 Å². The number of rotatable bonds is 2. The van der Waals surface area contributed by atoms with Crippen molar-refractivity contribution < 1.29 is 0 Å². The van der Waals surface area contributed by atoms with Gasteiger partial charge in [0.15, 0.2) is 0 Å². The molecule has 3 aromatic heterocycles. The molecule has 0 saturated carbocycles. The minimum absolute atomic E-state index is 0.861. The number of benzene rings is 3. The van der Waals surface area contributed by atoms with Gasteiger partial charge in [-0.25, -0.2) is 4.98 Å². The van der Waals surface area contributed by atoms with Crippen LogP contribution in [0.2, 0.25) is 0 Å². The molecule has 0 unspecified atom stereocenters. The van der Waals surface area contributed by atoms with Crippen LogP contribution in [0, 0.1) is 0 Å².